The Hall–Kier alpha value is -3.00. The molecule has 0 aliphatic rings. The van der Waals surface area contributed by atoms with Gasteiger partial charge in [0.05, 0.1) is 20.0 Å². The maximum absolute atomic E-state index is 12.4. The highest BCUT2D eigenvalue weighted by Gasteiger charge is 2.17. The number of anilines is 1. The zero-order valence-corrected chi connectivity index (χ0v) is 18.4. The summed E-state index contributed by atoms with van der Waals surface area (Å²) in [5, 5.41) is 12.3. The number of rotatable bonds is 9. The lowest BCUT2D eigenvalue weighted by atomic mass is 10.2. The Morgan fingerprint density at radius 1 is 1.07 bits per heavy atom. The summed E-state index contributed by atoms with van der Waals surface area (Å²) in [6.07, 6.45) is 0. The van der Waals surface area contributed by atoms with Crippen molar-refractivity contribution in [2.75, 3.05) is 25.3 Å². The van der Waals surface area contributed by atoms with Gasteiger partial charge in [-0.15, -0.1) is 10.2 Å². The number of carbonyl (C=O) groups excluding carboxylic acids is 1. The normalized spacial score (nSPS) is 10.8. The highest BCUT2D eigenvalue weighted by atomic mass is 32.2. The Kier molecular flexibility index (Phi) is 7.35. The minimum absolute atomic E-state index is 0.113. The van der Waals surface area contributed by atoms with E-state index >= 15 is 0 Å². The second kappa shape index (κ2) is 10.2. The first-order valence-electron chi connectivity index (χ1n) is 9.64. The first kappa shape index (κ1) is 21.7. The Morgan fingerprint density at radius 2 is 1.80 bits per heavy atom. The van der Waals surface area contributed by atoms with Gasteiger partial charge in [0.1, 0.15) is 11.5 Å². The molecule has 1 amide bonds. The zero-order valence-electron chi connectivity index (χ0n) is 17.6. The van der Waals surface area contributed by atoms with Gasteiger partial charge < -0.3 is 19.4 Å². The highest BCUT2D eigenvalue weighted by Crippen LogP contribution is 2.27. The van der Waals surface area contributed by atoms with E-state index in [0.29, 0.717) is 17.4 Å². The lowest BCUT2D eigenvalue weighted by Gasteiger charge is -2.13. The van der Waals surface area contributed by atoms with Crippen molar-refractivity contribution in [3.05, 3.63) is 48.5 Å². The fourth-order valence-corrected chi connectivity index (χ4v) is 3.65. The smallest absolute Gasteiger partial charge is 0.234 e. The molecule has 0 spiro atoms. The van der Waals surface area contributed by atoms with E-state index in [1.165, 1.54) is 11.8 Å². The fourth-order valence-electron chi connectivity index (χ4n) is 2.91. The number of benzene rings is 2. The molecule has 1 aromatic heterocycles. The lowest BCUT2D eigenvalue weighted by Crippen LogP contribution is -2.15. The van der Waals surface area contributed by atoms with Crippen molar-refractivity contribution in [1.82, 2.24) is 14.8 Å². The Balaban J connectivity index is 1.73. The minimum Gasteiger partial charge on any atom is -0.497 e. The van der Waals surface area contributed by atoms with Crippen LogP contribution in [0.2, 0.25) is 0 Å². The molecule has 0 atom stereocenters. The maximum Gasteiger partial charge on any atom is 0.234 e. The van der Waals surface area contributed by atoms with E-state index in [-0.39, 0.29) is 11.7 Å². The predicted octanol–water partition coefficient (Wildman–Crippen LogP) is 4.35. The summed E-state index contributed by atoms with van der Waals surface area (Å²) in [4.78, 5) is 12.4. The van der Waals surface area contributed by atoms with Gasteiger partial charge in [0.25, 0.3) is 0 Å². The van der Waals surface area contributed by atoms with Crippen LogP contribution in [0.15, 0.2) is 53.7 Å². The second-order valence-corrected chi connectivity index (χ2v) is 8.05. The first-order chi connectivity index (χ1) is 14.5. The standard InChI is InChI=1S/C22H26N4O3S/c1-15(2)13-26-21(16-8-10-18(28-3)11-9-16)24-25-22(26)30-14-20(27)23-17-6-5-7-19(12-17)29-4/h5-12,15H,13-14H2,1-4H3,(H,23,27). The van der Waals surface area contributed by atoms with Gasteiger partial charge in [0.15, 0.2) is 11.0 Å². The molecule has 30 heavy (non-hydrogen) atoms. The number of aromatic nitrogens is 3. The Bertz CT molecular complexity index is 986. The zero-order chi connectivity index (χ0) is 21.5. The summed E-state index contributed by atoms with van der Waals surface area (Å²) >= 11 is 1.37. The third-order valence-corrected chi connectivity index (χ3v) is 5.27. The number of thioether (sulfide) groups is 1. The summed E-state index contributed by atoms with van der Waals surface area (Å²) in [6, 6.07) is 15.0. The third kappa shape index (κ3) is 5.54. The molecule has 1 heterocycles. The van der Waals surface area contributed by atoms with Gasteiger partial charge in [0.2, 0.25) is 5.91 Å². The third-order valence-electron chi connectivity index (χ3n) is 4.30. The van der Waals surface area contributed by atoms with E-state index in [1.54, 1.807) is 20.3 Å². The van der Waals surface area contributed by atoms with E-state index in [0.717, 1.165) is 28.8 Å². The fraction of sp³-hybridized carbons (Fsp3) is 0.318. The SMILES string of the molecule is COc1ccc(-c2nnc(SCC(=O)Nc3cccc(OC)c3)n2CC(C)C)cc1. The molecule has 1 N–H and O–H groups in total. The van der Waals surface area contributed by atoms with Gasteiger partial charge >= 0.3 is 0 Å². The van der Waals surface area contributed by atoms with Crippen molar-refractivity contribution in [3.8, 4) is 22.9 Å². The van der Waals surface area contributed by atoms with Gasteiger partial charge in [-0.05, 0) is 42.3 Å². The minimum atomic E-state index is -0.113. The van der Waals surface area contributed by atoms with Crippen LogP contribution in [0.3, 0.4) is 0 Å². The lowest BCUT2D eigenvalue weighted by molar-refractivity contribution is -0.113. The van der Waals surface area contributed by atoms with Gasteiger partial charge in [-0.1, -0.05) is 31.7 Å². The molecule has 0 aliphatic carbocycles. The number of carbonyl (C=O) groups is 1. The first-order valence-corrected chi connectivity index (χ1v) is 10.6. The molecule has 0 radical (unpaired) electrons. The predicted molar refractivity (Wildman–Crippen MR) is 119 cm³/mol. The van der Waals surface area contributed by atoms with Crippen LogP contribution in [0.1, 0.15) is 13.8 Å². The van der Waals surface area contributed by atoms with Crippen LogP contribution in [0, 0.1) is 5.92 Å². The van der Waals surface area contributed by atoms with Gasteiger partial charge in [-0.25, -0.2) is 0 Å². The van der Waals surface area contributed by atoms with E-state index in [2.05, 4.69) is 33.9 Å². The molecular weight excluding hydrogens is 400 g/mol. The molecule has 0 unspecified atom stereocenters. The molecule has 3 aromatic rings. The molecule has 3 rings (SSSR count). The number of hydrogen-bond donors (Lipinski definition) is 1. The van der Waals surface area contributed by atoms with Crippen molar-refractivity contribution < 1.29 is 14.3 Å². The molecule has 0 saturated heterocycles. The highest BCUT2D eigenvalue weighted by molar-refractivity contribution is 7.99. The van der Waals surface area contributed by atoms with Crippen molar-refractivity contribution >= 4 is 23.4 Å². The summed E-state index contributed by atoms with van der Waals surface area (Å²) in [6.45, 7) is 5.04. The molecular formula is C22H26N4O3S. The van der Waals surface area contributed by atoms with Gasteiger partial charge in [0, 0.05) is 23.9 Å². The second-order valence-electron chi connectivity index (χ2n) is 7.11. The molecule has 8 heteroatoms. The summed E-state index contributed by atoms with van der Waals surface area (Å²) < 4.78 is 12.5. The van der Waals surface area contributed by atoms with Crippen LogP contribution in [0.25, 0.3) is 11.4 Å². The molecule has 0 aliphatic heterocycles. The van der Waals surface area contributed by atoms with Crippen molar-refractivity contribution in [1.29, 1.82) is 0 Å². The Morgan fingerprint density at radius 3 is 2.47 bits per heavy atom. The summed E-state index contributed by atoms with van der Waals surface area (Å²) in [5.74, 6) is 2.79. The van der Waals surface area contributed by atoms with E-state index in [9.17, 15) is 4.79 Å². The van der Waals surface area contributed by atoms with Crippen LogP contribution in [-0.4, -0.2) is 40.6 Å². The summed E-state index contributed by atoms with van der Waals surface area (Å²) in [7, 11) is 3.24. The van der Waals surface area contributed by atoms with Crippen LogP contribution >= 0.6 is 11.8 Å². The van der Waals surface area contributed by atoms with Gasteiger partial charge in [-0.2, -0.15) is 0 Å². The molecule has 0 fully saturated rings. The number of nitrogens with zero attached hydrogens (tertiary/aromatic N) is 3. The van der Waals surface area contributed by atoms with Crippen LogP contribution in [0.4, 0.5) is 5.69 Å². The largest absolute Gasteiger partial charge is 0.497 e. The average molecular weight is 427 g/mol. The molecule has 0 saturated carbocycles. The number of hydrogen-bond acceptors (Lipinski definition) is 6. The van der Waals surface area contributed by atoms with Crippen LogP contribution in [-0.2, 0) is 11.3 Å². The maximum atomic E-state index is 12.4. The number of ether oxygens (including phenoxy) is 2. The molecule has 0 bridgehead atoms. The number of methoxy groups -OCH3 is 2. The van der Waals surface area contributed by atoms with E-state index < -0.39 is 0 Å². The van der Waals surface area contributed by atoms with Crippen molar-refractivity contribution in [3.63, 3.8) is 0 Å². The van der Waals surface area contributed by atoms with E-state index in [1.807, 2.05) is 42.5 Å². The van der Waals surface area contributed by atoms with Crippen LogP contribution < -0.4 is 14.8 Å². The number of amides is 1. The topological polar surface area (TPSA) is 78.3 Å². The van der Waals surface area contributed by atoms with Crippen molar-refractivity contribution in [2.24, 2.45) is 5.92 Å². The van der Waals surface area contributed by atoms with Gasteiger partial charge in [-0.3, -0.25) is 4.79 Å². The summed E-state index contributed by atoms with van der Waals surface area (Å²) in [5.41, 5.74) is 1.65. The molecule has 7 nitrogen and oxygen atoms in total. The van der Waals surface area contributed by atoms with E-state index in [4.69, 9.17) is 9.47 Å². The quantitative estimate of drug-likeness (QED) is 0.513. The monoisotopic (exact) mass is 426 g/mol. The molecule has 2 aromatic carbocycles. The van der Waals surface area contributed by atoms with Crippen LogP contribution in [0.5, 0.6) is 11.5 Å². The molecule has 158 valence electrons. The van der Waals surface area contributed by atoms with Crippen molar-refractivity contribution in [2.45, 2.75) is 25.5 Å². The Labute approximate surface area is 180 Å². The number of nitrogens with one attached hydrogen (secondary N) is 1. The average Bonchev–Trinajstić information content (AvgIpc) is 3.14.